The average Bonchev–Trinajstić information content (AvgIpc) is 2.84. The maximum absolute atomic E-state index is 13.9. The molecule has 0 radical (unpaired) electrons. The summed E-state index contributed by atoms with van der Waals surface area (Å²) < 4.78 is 52.0. The van der Waals surface area contributed by atoms with E-state index in [0.717, 1.165) is 55.1 Å². The first-order valence-corrected chi connectivity index (χ1v) is 12.5. The van der Waals surface area contributed by atoms with Crippen LogP contribution >= 0.6 is 0 Å². The maximum atomic E-state index is 13.9. The van der Waals surface area contributed by atoms with Gasteiger partial charge >= 0.3 is 0 Å². The first-order chi connectivity index (χ1) is 16.7. The number of nitrogens with one attached hydrogen (secondary N) is 2. The third-order valence-electron chi connectivity index (χ3n) is 5.67. The van der Waals surface area contributed by atoms with Crippen LogP contribution < -0.4 is 15.5 Å². The number of aromatic nitrogens is 2. The van der Waals surface area contributed by atoms with Crippen molar-refractivity contribution in [3.8, 4) is 0 Å². The minimum Gasteiger partial charge on any atom is -0.372 e. The minimum absolute atomic E-state index is 0.325. The Balaban J connectivity index is 1.47. The molecular weight excluding hydrogens is 474 g/mol. The molecule has 1 aliphatic rings. The zero-order chi connectivity index (χ0) is 25.0. The van der Waals surface area contributed by atoms with Crippen molar-refractivity contribution in [1.29, 1.82) is 0 Å². The minimum atomic E-state index is -4.13. The van der Waals surface area contributed by atoms with Crippen molar-refractivity contribution in [3.63, 3.8) is 0 Å². The van der Waals surface area contributed by atoms with Crippen LogP contribution in [-0.4, -0.2) is 63.6 Å². The van der Waals surface area contributed by atoms with Crippen molar-refractivity contribution in [3.05, 3.63) is 71.3 Å². The van der Waals surface area contributed by atoms with E-state index in [1.165, 1.54) is 12.3 Å². The summed E-state index contributed by atoms with van der Waals surface area (Å²) in [6.45, 7) is 4.02. The number of halogens is 2. The van der Waals surface area contributed by atoms with Gasteiger partial charge in [-0.15, -0.1) is 0 Å². The average molecular weight is 501 g/mol. The smallest absolute Gasteiger partial charge is 0.229 e. The number of hydrogen-bond acceptors (Lipinski definition) is 8. The van der Waals surface area contributed by atoms with E-state index in [2.05, 4.69) is 37.4 Å². The van der Waals surface area contributed by atoms with Crippen LogP contribution in [0.2, 0.25) is 0 Å². The molecule has 0 spiro atoms. The highest BCUT2D eigenvalue weighted by atomic mass is 32.2. The molecule has 1 fully saturated rings. The molecule has 0 saturated carbocycles. The number of sulfone groups is 1. The SMILES string of the molecule is CNc1nc(Nc2ccc(N3CCN(C)CC3)cc2)ncc1C=CS(=O)(=O)c1ccc(F)cc1F. The summed E-state index contributed by atoms with van der Waals surface area (Å²) in [5, 5.41) is 6.88. The number of anilines is 4. The van der Waals surface area contributed by atoms with Crippen molar-refractivity contribution in [2.24, 2.45) is 0 Å². The molecule has 0 atom stereocenters. The molecule has 11 heteroatoms. The largest absolute Gasteiger partial charge is 0.372 e. The lowest BCUT2D eigenvalue weighted by atomic mass is 10.2. The van der Waals surface area contributed by atoms with Gasteiger partial charge in [0.2, 0.25) is 15.8 Å². The molecule has 0 amide bonds. The van der Waals surface area contributed by atoms with E-state index in [-0.39, 0.29) is 0 Å². The Morgan fingerprint density at radius 1 is 1.03 bits per heavy atom. The Hall–Kier alpha value is -3.57. The van der Waals surface area contributed by atoms with Gasteiger partial charge in [-0.1, -0.05) is 0 Å². The highest BCUT2D eigenvalue weighted by molar-refractivity contribution is 7.94. The summed E-state index contributed by atoms with van der Waals surface area (Å²) in [5.41, 5.74) is 2.34. The van der Waals surface area contributed by atoms with Crippen LogP contribution in [0.5, 0.6) is 0 Å². The van der Waals surface area contributed by atoms with Crippen LogP contribution in [0.1, 0.15) is 5.56 Å². The fourth-order valence-corrected chi connectivity index (χ4v) is 4.73. The van der Waals surface area contributed by atoms with Gasteiger partial charge in [0.15, 0.2) is 0 Å². The van der Waals surface area contributed by atoms with E-state index in [1.54, 1.807) is 7.05 Å². The first kappa shape index (κ1) is 24.6. The number of nitrogens with zero attached hydrogens (tertiary/aromatic N) is 4. The molecule has 2 N–H and O–H groups in total. The third-order valence-corrected chi connectivity index (χ3v) is 7.11. The summed E-state index contributed by atoms with van der Waals surface area (Å²) in [6, 6.07) is 10.3. The lowest BCUT2D eigenvalue weighted by Crippen LogP contribution is -2.44. The number of benzene rings is 2. The van der Waals surface area contributed by atoms with Gasteiger partial charge in [-0.3, -0.25) is 0 Å². The zero-order valence-corrected chi connectivity index (χ0v) is 20.2. The lowest BCUT2D eigenvalue weighted by molar-refractivity contribution is 0.313. The van der Waals surface area contributed by atoms with Crippen LogP contribution in [-0.2, 0) is 9.84 Å². The Labute approximate surface area is 203 Å². The summed E-state index contributed by atoms with van der Waals surface area (Å²) in [6.07, 6.45) is 2.71. The summed E-state index contributed by atoms with van der Waals surface area (Å²) in [4.78, 5) is 12.7. The monoisotopic (exact) mass is 500 g/mol. The topological polar surface area (TPSA) is 90.5 Å². The molecule has 3 aromatic rings. The van der Waals surface area contributed by atoms with Gasteiger partial charge in [-0.25, -0.2) is 22.2 Å². The Morgan fingerprint density at radius 3 is 2.40 bits per heavy atom. The Bertz CT molecular complexity index is 1320. The first-order valence-electron chi connectivity index (χ1n) is 11.0. The molecular formula is C24H26F2N6O2S. The second-order valence-corrected chi connectivity index (χ2v) is 9.93. The molecule has 1 aliphatic heterocycles. The van der Waals surface area contributed by atoms with E-state index in [4.69, 9.17) is 0 Å². The van der Waals surface area contributed by atoms with Crippen molar-refractivity contribution in [2.75, 3.05) is 55.8 Å². The number of rotatable bonds is 7. The van der Waals surface area contributed by atoms with Gasteiger partial charge in [0.25, 0.3) is 0 Å². The Kier molecular flexibility index (Phi) is 7.27. The van der Waals surface area contributed by atoms with Gasteiger partial charge < -0.3 is 20.4 Å². The maximum Gasteiger partial charge on any atom is 0.229 e. The number of likely N-dealkylation sites (N-methyl/N-ethyl adjacent to an activating group) is 1. The van der Waals surface area contributed by atoms with Gasteiger partial charge in [-0.2, -0.15) is 4.98 Å². The quantitative estimate of drug-likeness (QED) is 0.475. The third kappa shape index (κ3) is 5.92. The highest BCUT2D eigenvalue weighted by Gasteiger charge is 2.17. The van der Waals surface area contributed by atoms with Crippen molar-refractivity contribution in [2.45, 2.75) is 4.90 Å². The normalized spacial score (nSPS) is 14.9. The molecule has 2 aromatic carbocycles. The number of hydrogen-bond donors (Lipinski definition) is 2. The predicted octanol–water partition coefficient (Wildman–Crippen LogP) is 3.74. The van der Waals surface area contributed by atoms with Crippen LogP contribution in [0.4, 0.5) is 31.9 Å². The summed E-state index contributed by atoms with van der Waals surface area (Å²) >= 11 is 0. The van der Waals surface area contributed by atoms with Crippen LogP contribution in [0.25, 0.3) is 6.08 Å². The fourth-order valence-electron chi connectivity index (χ4n) is 3.67. The zero-order valence-electron chi connectivity index (χ0n) is 19.4. The standard InChI is InChI=1S/C24H26F2N6O2S/c1-27-23-17(9-14-35(33,34)22-8-3-18(25)15-21(22)26)16-28-24(30-23)29-19-4-6-20(7-5-19)32-12-10-31(2)11-13-32/h3-9,14-16H,10-13H2,1-2H3,(H2,27,28,29,30). The predicted molar refractivity (Wildman–Crippen MR) is 134 cm³/mol. The van der Waals surface area contributed by atoms with E-state index >= 15 is 0 Å². The van der Waals surface area contributed by atoms with Crippen LogP contribution in [0.15, 0.2) is 59.0 Å². The van der Waals surface area contributed by atoms with E-state index in [1.807, 2.05) is 24.3 Å². The van der Waals surface area contributed by atoms with Gasteiger partial charge in [0.1, 0.15) is 22.3 Å². The van der Waals surface area contributed by atoms with Gasteiger partial charge in [-0.05, 0) is 49.5 Å². The molecule has 0 bridgehead atoms. The lowest BCUT2D eigenvalue weighted by Gasteiger charge is -2.34. The molecule has 184 valence electrons. The highest BCUT2D eigenvalue weighted by Crippen LogP contribution is 2.24. The van der Waals surface area contributed by atoms with E-state index < -0.39 is 26.4 Å². The van der Waals surface area contributed by atoms with Crippen molar-refractivity contribution < 1.29 is 17.2 Å². The van der Waals surface area contributed by atoms with Gasteiger partial charge in [0.05, 0.1) is 0 Å². The molecule has 1 aromatic heterocycles. The summed E-state index contributed by atoms with van der Waals surface area (Å²) in [7, 11) is -0.372. The molecule has 8 nitrogen and oxygen atoms in total. The van der Waals surface area contributed by atoms with Gasteiger partial charge in [0, 0.05) is 67.8 Å². The molecule has 0 unspecified atom stereocenters. The number of piperazine rings is 1. The molecule has 1 saturated heterocycles. The van der Waals surface area contributed by atoms with Crippen LogP contribution in [0, 0.1) is 11.6 Å². The fraction of sp³-hybridized carbons (Fsp3) is 0.250. The second-order valence-electron chi connectivity index (χ2n) is 8.13. The Morgan fingerprint density at radius 2 is 1.74 bits per heavy atom. The molecule has 4 rings (SSSR count). The molecule has 0 aliphatic carbocycles. The second kappa shape index (κ2) is 10.4. The molecule has 2 heterocycles. The van der Waals surface area contributed by atoms with Crippen molar-refractivity contribution >= 4 is 39.1 Å². The van der Waals surface area contributed by atoms with E-state index in [9.17, 15) is 17.2 Å². The summed E-state index contributed by atoms with van der Waals surface area (Å²) in [5.74, 6) is -1.31. The van der Waals surface area contributed by atoms with E-state index in [0.29, 0.717) is 23.4 Å². The molecule has 35 heavy (non-hydrogen) atoms. The van der Waals surface area contributed by atoms with Crippen molar-refractivity contribution in [1.82, 2.24) is 14.9 Å². The van der Waals surface area contributed by atoms with Crippen LogP contribution in [0.3, 0.4) is 0 Å².